The third-order valence-electron chi connectivity index (χ3n) is 2.13. The fraction of sp³-hybridized carbons (Fsp3) is 0. The topological polar surface area (TPSA) is 106 Å². The Labute approximate surface area is 94.4 Å². The lowest BCUT2D eigenvalue weighted by atomic mass is 10.1. The Hall–Kier alpha value is -2.70. The number of non-ortho nitro benzene ring substituents is 1. The lowest BCUT2D eigenvalue weighted by Crippen LogP contribution is -1.97. The molecule has 0 saturated heterocycles. The zero-order valence-electron chi connectivity index (χ0n) is 8.36. The molecule has 0 spiro atoms. The molecule has 0 unspecified atom stereocenters. The van der Waals surface area contributed by atoms with E-state index < -0.39 is 10.9 Å². The molecule has 1 heterocycles. The van der Waals surface area contributed by atoms with Gasteiger partial charge in [0.15, 0.2) is 0 Å². The molecule has 0 amide bonds. The summed E-state index contributed by atoms with van der Waals surface area (Å²) in [7, 11) is 0. The van der Waals surface area contributed by atoms with E-state index in [1.165, 1.54) is 24.3 Å². The number of aromatic carboxylic acids is 1. The Bertz CT molecular complexity index is 590. The molecule has 0 radical (unpaired) electrons. The molecule has 2 aromatic rings. The zero-order valence-corrected chi connectivity index (χ0v) is 8.36. The van der Waals surface area contributed by atoms with E-state index >= 15 is 0 Å². The average molecular weight is 234 g/mol. The van der Waals surface area contributed by atoms with Crippen molar-refractivity contribution in [3.05, 3.63) is 46.2 Å². The first kappa shape index (κ1) is 10.8. The summed E-state index contributed by atoms with van der Waals surface area (Å²) < 4.78 is 4.56. The SMILES string of the molecule is O=C(O)c1conc1-c1cccc([N+](=O)[O-])c1. The lowest BCUT2D eigenvalue weighted by molar-refractivity contribution is -0.384. The minimum atomic E-state index is -1.20. The summed E-state index contributed by atoms with van der Waals surface area (Å²) in [6.07, 6.45) is 0.983. The van der Waals surface area contributed by atoms with Gasteiger partial charge in [0.05, 0.1) is 4.92 Å². The molecule has 7 nitrogen and oxygen atoms in total. The lowest BCUT2D eigenvalue weighted by Gasteiger charge is -1.97. The summed E-state index contributed by atoms with van der Waals surface area (Å²) in [5.74, 6) is -1.20. The van der Waals surface area contributed by atoms with Crippen molar-refractivity contribution in [1.82, 2.24) is 5.16 Å². The van der Waals surface area contributed by atoms with E-state index in [0.717, 1.165) is 6.26 Å². The Morgan fingerprint density at radius 2 is 2.24 bits per heavy atom. The largest absolute Gasteiger partial charge is 0.477 e. The number of nitrogens with zero attached hydrogens (tertiary/aromatic N) is 2. The monoisotopic (exact) mass is 234 g/mol. The van der Waals surface area contributed by atoms with Gasteiger partial charge in [-0.25, -0.2) is 4.79 Å². The number of benzene rings is 1. The number of nitro benzene ring substituents is 1. The number of hydrogen-bond donors (Lipinski definition) is 1. The van der Waals surface area contributed by atoms with E-state index in [0.29, 0.717) is 5.56 Å². The van der Waals surface area contributed by atoms with Crippen molar-refractivity contribution in [1.29, 1.82) is 0 Å². The fourth-order valence-corrected chi connectivity index (χ4v) is 1.36. The van der Waals surface area contributed by atoms with Gasteiger partial charge in [-0.1, -0.05) is 17.3 Å². The Morgan fingerprint density at radius 1 is 1.47 bits per heavy atom. The summed E-state index contributed by atoms with van der Waals surface area (Å²) >= 11 is 0. The van der Waals surface area contributed by atoms with E-state index in [9.17, 15) is 14.9 Å². The van der Waals surface area contributed by atoms with Gasteiger partial charge in [0, 0.05) is 17.7 Å². The van der Waals surface area contributed by atoms with Crippen LogP contribution in [0.1, 0.15) is 10.4 Å². The van der Waals surface area contributed by atoms with Crippen molar-refractivity contribution < 1.29 is 19.3 Å². The van der Waals surface area contributed by atoms with Crippen molar-refractivity contribution in [2.45, 2.75) is 0 Å². The molecular weight excluding hydrogens is 228 g/mol. The second-order valence-electron chi connectivity index (χ2n) is 3.19. The van der Waals surface area contributed by atoms with Crippen LogP contribution in [0.15, 0.2) is 35.1 Å². The summed E-state index contributed by atoms with van der Waals surface area (Å²) in [6, 6.07) is 5.53. The second kappa shape index (κ2) is 4.05. The van der Waals surface area contributed by atoms with Gasteiger partial charge >= 0.3 is 5.97 Å². The smallest absolute Gasteiger partial charge is 0.341 e. The first-order valence-electron chi connectivity index (χ1n) is 4.52. The molecule has 0 saturated carbocycles. The Kier molecular flexibility index (Phi) is 2.57. The molecule has 0 aliphatic rings. The van der Waals surface area contributed by atoms with Crippen LogP contribution in [0.25, 0.3) is 11.3 Å². The maximum absolute atomic E-state index is 10.8. The van der Waals surface area contributed by atoms with Gasteiger partial charge in [0.25, 0.3) is 5.69 Å². The van der Waals surface area contributed by atoms with Crippen molar-refractivity contribution in [3.63, 3.8) is 0 Å². The number of carbonyl (C=O) groups is 1. The molecule has 1 N–H and O–H groups in total. The van der Waals surface area contributed by atoms with Gasteiger partial charge < -0.3 is 9.63 Å². The Balaban J connectivity index is 2.53. The summed E-state index contributed by atoms with van der Waals surface area (Å²) in [5, 5.41) is 23.0. The van der Waals surface area contributed by atoms with Crippen molar-refractivity contribution in [2.24, 2.45) is 0 Å². The van der Waals surface area contributed by atoms with Crippen molar-refractivity contribution in [2.75, 3.05) is 0 Å². The minimum Gasteiger partial charge on any atom is -0.477 e. The van der Waals surface area contributed by atoms with E-state index in [2.05, 4.69) is 9.68 Å². The van der Waals surface area contributed by atoms with Crippen LogP contribution in [0.5, 0.6) is 0 Å². The van der Waals surface area contributed by atoms with Crippen LogP contribution >= 0.6 is 0 Å². The standard InChI is InChI=1S/C10H6N2O5/c13-10(14)8-5-17-11-9(8)6-2-1-3-7(4-6)12(15)16/h1-5H,(H,13,14). The normalized spacial score (nSPS) is 10.1. The van der Waals surface area contributed by atoms with Gasteiger partial charge in [0.2, 0.25) is 0 Å². The summed E-state index contributed by atoms with van der Waals surface area (Å²) in [4.78, 5) is 20.9. The van der Waals surface area contributed by atoms with Gasteiger partial charge in [-0.15, -0.1) is 0 Å². The molecule has 7 heteroatoms. The number of nitro groups is 1. The molecule has 2 rings (SSSR count). The highest BCUT2D eigenvalue weighted by Gasteiger charge is 2.18. The molecular formula is C10H6N2O5. The van der Waals surface area contributed by atoms with Crippen LogP contribution in [0, 0.1) is 10.1 Å². The van der Waals surface area contributed by atoms with Crippen LogP contribution in [0.4, 0.5) is 5.69 Å². The van der Waals surface area contributed by atoms with Gasteiger partial charge in [0.1, 0.15) is 17.5 Å². The highest BCUT2D eigenvalue weighted by molar-refractivity contribution is 5.94. The van der Waals surface area contributed by atoms with Crippen LogP contribution < -0.4 is 0 Å². The van der Waals surface area contributed by atoms with Crippen LogP contribution in [0.3, 0.4) is 0 Å². The molecule has 17 heavy (non-hydrogen) atoms. The van der Waals surface area contributed by atoms with Crippen molar-refractivity contribution in [3.8, 4) is 11.3 Å². The average Bonchev–Trinajstić information content (AvgIpc) is 2.78. The first-order chi connectivity index (χ1) is 8.09. The summed E-state index contributed by atoms with van der Waals surface area (Å²) in [5.41, 5.74) is 0.124. The molecule has 1 aromatic carbocycles. The van der Waals surface area contributed by atoms with Crippen molar-refractivity contribution >= 4 is 11.7 Å². The van der Waals surface area contributed by atoms with Crippen LogP contribution in [-0.4, -0.2) is 21.2 Å². The molecule has 0 atom stereocenters. The fourth-order valence-electron chi connectivity index (χ4n) is 1.36. The van der Waals surface area contributed by atoms with Gasteiger partial charge in [-0.3, -0.25) is 10.1 Å². The highest BCUT2D eigenvalue weighted by Crippen LogP contribution is 2.25. The molecule has 1 aromatic heterocycles. The van der Waals surface area contributed by atoms with E-state index in [-0.39, 0.29) is 16.9 Å². The molecule has 86 valence electrons. The number of aromatic nitrogens is 1. The second-order valence-corrected chi connectivity index (χ2v) is 3.19. The number of carboxylic acid groups (broad SMARTS) is 1. The third kappa shape index (κ3) is 1.98. The van der Waals surface area contributed by atoms with Gasteiger partial charge in [-0.05, 0) is 0 Å². The number of carboxylic acids is 1. The maximum Gasteiger partial charge on any atom is 0.341 e. The number of rotatable bonds is 3. The zero-order chi connectivity index (χ0) is 12.4. The van der Waals surface area contributed by atoms with E-state index in [4.69, 9.17) is 5.11 Å². The van der Waals surface area contributed by atoms with Gasteiger partial charge in [-0.2, -0.15) is 0 Å². The molecule has 0 aliphatic heterocycles. The third-order valence-corrected chi connectivity index (χ3v) is 2.13. The quantitative estimate of drug-likeness (QED) is 0.642. The maximum atomic E-state index is 10.8. The van der Waals surface area contributed by atoms with Crippen LogP contribution in [0.2, 0.25) is 0 Å². The van der Waals surface area contributed by atoms with E-state index in [1.54, 1.807) is 0 Å². The summed E-state index contributed by atoms with van der Waals surface area (Å²) in [6.45, 7) is 0. The Morgan fingerprint density at radius 3 is 2.88 bits per heavy atom. The number of hydrogen-bond acceptors (Lipinski definition) is 5. The molecule has 0 fully saturated rings. The first-order valence-corrected chi connectivity index (χ1v) is 4.52. The predicted octanol–water partition coefficient (Wildman–Crippen LogP) is 1.95. The van der Waals surface area contributed by atoms with E-state index in [1.807, 2.05) is 0 Å². The predicted molar refractivity (Wildman–Crippen MR) is 55.6 cm³/mol. The molecule has 0 bridgehead atoms. The highest BCUT2D eigenvalue weighted by atomic mass is 16.6. The minimum absolute atomic E-state index is 0.0706. The molecule has 0 aliphatic carbocycles. The van der Waals surface area contributed by atoms with Crippen LogP contribution in [-0.2, 0) is 0 Å².